The summed E-state index contributed by atoms with van der Waals surface area (Å²) in [5.41, 5.74) is 3.96. The molecule has 0 bridgehead atoms. The Morgan fingerprint density at radius 1 is 1.32 bits per heavy atom. The van der Waals surface area contributed by atoms with Crippen molar-refractivity contribution in [3.63, 3.8) is 0 Å². The van der Waals surface area contributed by atoms with E-state index in [1.807, 2.05) is 26.0 Å². The molecule has 1 atom stereocenters. The third-order valence-corrected chi connectivity index (χ3v) is 6.10. The number of aryl methyl sites for hydroxylation is 2. The molecule has 0 radical (unpaired) electrons. The van der Waals surface area contributed by atoms with Gasteiger partial charge in [-0.3, -0.25) is 4.99 Å². The number of hydrogen-bond acceptors (Lipinski definition) is 4. The number of halogens is 2. The average Bonchev–Trinajstić information content (AvgIpc) is 3.11. The molecule has 0 saturated carbocycles. The van der Waals surface area contributed by atoms with Crippen LogP contribution in [0.1, 0.15) is 23.1 Å². The van der Waals surface area contributed by atoms with Crippen LogP contribution < -0.4 is 10.1 Å². The Labute approximate surface area is 175 Å². The zero-order valence-corrected chi connectivity index (χ0v) is 17.7. The van der Waals surface area contributed by atoms with Crippen LogP contribution in [0, 0.1) is 19.7 Å². The maximum absolute atomic E-state index is 13.4. The highest BCUT2D eigenvalue weighted by molar-refractivity contribution is 8.14. The van der Waals surface area contributed by atoms with Crippen LogP contribution in [0.4, 0.5) is 10.1 Å². The molecule has 3 nitrogen and oxygen atoms in total. The third kappa shape index (κ3) is 5.30. The molecular formula is C22H24ClFN2OS. The molecule has 0 amide bonds. The zero-order chi connectivity index (χ0) is 20.1. The van der Waals surface area contributed by atoms with Crippen molar-refractivity contribution in [1.82, 2.24) is 0 Å². The number of hydrogen-bond donors (Lipinski definition) is 1. The number of nitrogens with zero attached hydrogens (tertiary/aromatic N) is 1. The fraction of sp³-hybridized carbons (Fsp3) is 0.318. The van der Waals surface area contributed by atoms with E-state index in [-0.39, 0.29) is 11.9 Å². The highest BCUT2D eigenvalue weighted by atomic mass is 35.5. The van der Waals surface area contributed by atoms with Gasteiger partial charge in [-0.2, -0.15) is 0 Å². The van der Waals surface area contributed by atoms with Gasteiger partial charge < -0.3 is 10.1 Å². The van der Waals surface area contributed by atoms with Gasteiger partial charge in [-0.15, -0.1) is 11.8 Å². The van der Waals surface area contributed by atoms with E-state index >= 15 is 0 Å². The van der Waals surface area contributed by atoms with Crippen molar-refractivity contribution in [2.45, 2.75) is 26.3 Å². The van der Waals surface area contributed by atoms with Crippen LogP contribution in [0.5, 0.6) is 5.75 Å². The molecule has 6 heteroatoms. The molecule has 28 heavy (non-hydrogen) atoms. The van der Waals surface area contributed by atoms with Gasteiger partial charge >= 0.3 is 0 Å². The van der Waals surface area contributed by atoms with Crippen molar-refractivity contribution in [1.29, 1.82) is 0 Å². The molecule has 2 aromatic carbocycles. The van der Waals surface area contributed by atoms with Crippen LogP contribution in [0.15, 0.2) is 41.9 Å². The standard InChI is InChI=1S/C22H24ClFN2OS/c1-4-16-5-6-17(24)11-20(16)25-8-7-18-13-28-22(26-18)12-27-21-10-15(3)14(2)9-19(21)23/h4-6,9-11,18,25H,1,7-8,12-13H2,2-3H3. The molecule has 1 aliphatic heterocycles. The Bertz CT molecular complexity index is 900. The lowest BCUT2D eigenvalue weighted by molar-refractivity contribution is 0.378. The van der Waals surface area contributed by atoms with Crippen molar-refractivity contribution in [2.75, 3.05) is 24.2 Å². The summed E-state index contributed by atoms with van der Waals surface area (Å²) in [5.74, 6) is 1.37. The Morgan fingerprint density at radius 2 is 2.11 bits per heavy atom. The zero-order valence-electron chi connectivity index (χ0n) is 16.1. The van der Waals surface area contributed by atoms with Crippen LogP contribution in [0.3, 0.4) is 0 Å². The lowest BCUT2D eigenvalue weighted by Gasteiger charge is -2.11. The van der Waals surface area contributed by atoms with Crippen molar-refractivity contribution in [3.05, 3.63) is 64.4 Å². The van der Waals surface area contributed by atoms with Gasteiger partial charge in [-0.1, -0.05) is 30.3 Å². The lowest BCUT2D eigenvalue weighted by atomic mass is 10.1. The second kappa shape index (κ2) is 9.48. The van der Waals surface area contributed by atoms with Crippen molar-refractivity contribution in [3.8, 4) is 5.75 Å². The van der Waals surface area contributed by atoms with Crippen LogP contribution >= 0.6 is 23.4 Å². The summed E-state index contributed by atoms with van der Waals surface area (Å²) in [7, 11) is 0. The Hall–Kier alpha value is -1.98. The minimum absolute atomic E-state index is 0.229. The minimum atomic E-state index is -0.257. The van der Waals surface area contributed by atoms with Gasteiger partial charge in [0.15, 0.2) is 0 Å². The quantitative estimate of drug-likeness (QED) is 0.559. The average molecular weight is 419 g/mol. The predicted octanol–water partition coefficient (Wildman–Crippen LogP) is 6.13. The third-order valence-electron chi connectivity index (χ3n) is 4.70. The van der Waals surface area contributed by atoms with Gasteiger partial charge in [0.25, 0.3) is 0 Å². The van der Waals surface area contributed by atoms with Crippen molar-refractivity contribution in [2.24, 2.45) is 4.99 Å². The van der Waals surface area contributed by atoms with Crippen LogP contribution in [0.2, 0.25) is 5.02 Å². The van der Waals surface area contributed by atoms with E-state index in [0.29, 0.717) is 17.4 Å². The topological polar surface area (TPSA) is 33.6 Å². The molecule has 2 aromatic rings. The summed E-state index contributed by atoms with van der Waals surface area (Å²) in [6.07, 6.45) is 2.59. The molecule has 148 valence electrons. The number of rotatable bonds is 8. The normalized spacial score (nSPS) is 16.0. The van der Waals surface area contributed by atoms with Gasteiger partial charge in [-0.05, 0) is 61.2 Å². The van der Waals surface area contributed by atoms with Crippen molar-refractivity contribution >= 4 is 40.2 Å². The molecule has 0 saturated heterocycles. The molecule has 0 spiro atoms. The second-order valence-corrected chi connectivity index (χ2v) is 8.29. The summed E-state index contributed by atoms with van der Waals surface area (Å²) < 4.78 is 19.3. The summed E-state index contributed by atoms with van der Waals surface area (Å²) in [4.78, 5) is 4.74. The monoisotopic (exact) mass is 418 g/mol. The van der Waals surface area contributed by atoms with E-state index in [4.69, 9.17) is 21.3 Å². The summed E-state index contributed by atoms with van der Waals surface area (Å²) >= 11 is 7.98. The first kappa shape index (κ1) is 20.7. The number of nitrogens with one attached hydrogen (secondary N) is 1. The molecule has 1 aliphatic rings. The highest BCUT2D eigenvalue weighted by Crippen LogP contribution is 2.29. The second-order valence-electron chi connectivity index (χ2n) is 6.79. The number of ether oxygens (including phenoxy) is 1. The van der Waals surface area contributed by atoms with E-state index in [1.54, 1.807) is 23.9 Å². The van der Waals surface area contributed by atoms with E-state index in [0.717, 1.165) is 46.1 Å². The Morgan fingerprint density at radius 3 is 2.89 bits per heavy atom. The predicted molar refractivity (Wildman–Crippen MR) is 120 cm³/mol. The first-order chi connectivity index (χ1) is 13.5. The summed E-state index contributed by atoms with van der Waals surface area (Å²) in [6, 6.07) is 8.78. The first-order valence-electron chi connectivity index (χ1n) is 9.21. The highest BCUT2D eigenvalue weighted by Gasteiger charge is 2.19. The summed E-state index contributed by atoms with van der Waals surface area (Å²) in [6.45, 7) is 8.99. The molecule has 1 heterocycles. The largest absolute Gasteiger partial charge is 0.485 e. The molecule has 0 aliphatic carbocycles. The molecule has 1 N–H and O–H groups in total. The van der Waals surface area contributed by atoms with Gasteiger partial charge in [-0.25, -0.2) is 4.39 Å². The Balaban J connectivity index is 1.50. The number of anilines is 1. The maximum Gasteiger partial charge on any atom is 0.138 e. The summed E-state index contributed by atoms with van der Waals surface area (Å²) in [5, 5.41) is 4.89. The number of aliphatic imine (C=N–C) groups is 1. The fourth-order valence-corrected chi connectivity index (χ4v) is 4.20. The van der Waals surface area contributed by atoms with Gasteiger partial charge in [0.1, 0.15) is 23.2 Å². The maximum atomic E-state index is 13.4. The minimum Gasteiger partial charge on any atom is -0.485 e. The Kier molecular flexibility index (Phi) is 7.03. The molecule has 0 fully saturated rings. The van der Waals surface area contributed by atoms with E-state index in [9.17, 15) is 4.39 Å². The first-order valence-corrected chi connectivity index (χ1v) is 10.6. The number of thioether (sulfide) groups is 1. The van der Waals surface area contributed by atoms with Crippen LogP contribution in [-0.4, -0.2) is 30.0 Å². The molecule has 1 unspecified atom stereocenters. The van der Waals surface area contributed by atoms with Gasteiger partial charge in [0.05, 0.1) is 11.1 Å². The van der Waals surface area contributed by atoms with Crippen LogP contribution in [0.25, 0.3) is 6.08 Å². The van der Waals surface area contributed by atoms with Gasteiger partial charge in [0.2, 0.25) is 0 Å². The van der Waals surface area contributed by atoms with E-state index in [2.05, 4.69) is 11.9 Å². The molecular weight excluding hydrogens is 395 g/mol. The van der Waals surface area contributed by atoms with E-state index in [1.165, 1.54) is 12.1 Å². The van der Waals surface area contributed by atoms with Crippen LogP contribution in [-0.2, 0) is 0 Å². The van der Waals surface area contributed by atoms with Crippen molar-refractivity contribution < 1.29 is 9.13 Å². The smallest absolute Gasteiger partial charge is 0.138 e. The van der Waals surface area contributed by atoms with E-state index < -0.39 is 0 Å². The molecule has 0 aromatic heterocycles. The fourth-order valence-electron chi connectivity index (χ4n) is 2.93. The number of benzene rings is 2. The SMILES string of the molecule is C=Cc1ccc(F)cc1NCCC1CSC(COc2cc(C)c(C)cc2Cl)=N1. The lowest BCUT2D eigenvalue weighted by Crippen LogP contribution is -2.12. The molecule has 3 rings (SSSR count). The van der Waals surface area contributed by atoms with Gasteiger partial charge in [0, 0.05) is 18.0 Å².